The topological polar surface area (TPSA) is 58.5 Å². The van der Waals surface area contributed by atoms with E-state index in [0.29, 0.717) is 12.6 Å². The van der Waals surface area contributed by atoms with Crippen molar-refractivity contribution in [3.8, 4) is 5.75 Å². The van der Waals surface area contributed by atoms with E-state index < -0.39 is 0 Å². The van der Waals surface area contributed by atoms with E-state index in [2.05, 4.69) is 27.5 Å². The summed E-state index contributed by atoms with van der Waals surface area (Å²) in [5, 5.41) is 6.80. The van der Waals surface area contributed by atoms with Crippen LogP contribution in [0.15, 0.2) is 29.5 Å². The number of halogens is 1. The summed E-state index contributed by atoms with van der Waals surface area (Å²) in [4.78, 5) is 8.30. The van der Waals surface area contributed by atoms with Gasteiger partial charge in [-0.05, 0) is 30.9 Å². The SMILES string of the molecule is CN=C(NCCOc1cccnc1)NC1CCCC(C)C1.I. The van der Waals surface area contributed by atoms with Crippen LogP contribution in [0.3, 0.4) is 0 Å². The van der Waals surface area contributed by atoms with Crippen molar-refractivity contribution in [2.45, 2.75) is 38.6 Å². The second kappa shape index (κ2) is 10.6. The molecule has 1 fully saturated rings. The van der Waals surface area contributed by atoms with E-state index >= 15 is 0 Å². The Morgan fingerprint density at radius 3 is 3.00 bits per heavy atom. The fourth-order valence-electron chi connectivity index (χ4n) is 2.72. The Kier molecular flexibility index (Phi) is 9.19. The highest BCUT2D eigenvalue weighted by Gasteiger charge is 2.19. The monoisotopic (exact) mass is 418 g/mol. The zero-order valence-electron chi connectivity index (χ0n) is 13.4. The molecular weight excluding hydrogens is 391 g/mol. The van der Waals surface area contributed by atoms with Crippen LogP contribution in [0.25, 0.3) is 0 Å². The van der Waals surface area contributed by atoms with Crippen molar-refractivity contribution in [1.29, 1.82) is 0 Å². The van der Waals surface area contributed by atoms with Crippen molar-refractivity contribution >= 4 is 29.9 Å². The van der Waals surface area contributed by atoms with Crippen LogP contribution < -0.4 is 15.4 Å². The molecule has 2 rings (SSSR count). The molecule has 2 atom stereocenters. The van der Waals surface area contributed by atoms with E-state index in [-0.39, 0.29) is 24.0 Å². The third-order valence-corrected chi connectivity index (χ3v) is 3.80. The van der Waals surface area contributed by atoms with Crippen LogP contribution in [0.1, 0.15) is 32.6 Å². The smallest absolute Gasteiger partial charge is 0.191 e. The molecule has 6 heteroatoms. The first-order valence-corrected chi connectivity index (χ1v) is 7.78. The number of nitrogens with one attached hydrogen (secondary N) is 2. The number of ether oxygens (including phenoxy) is 1. The lowest BCUT2D eigenvalue weighted by atomic mass is 9.87. The lowest BCUT2D eigenvalue weighted by Crippen LogP contribution is -2.46. The normalized spacial score (nSPS) is 21.6. The van der Waals surface area contributed by atoms with Gasteiger partial charge in [0.15, 0.2) is 5.96 Å². The zero-order valence-corrected chi connectivity index (χ0v) is 15.7. The Bertz CT molecular complexity index is 441. The Balaban J connectivity index is 0.00000242. The fraction of sp³-hybridized carbons (Fsp3) is 0.625. The Morgan fingerprint density at radius 1 is 1.45 bits per heavy atom. The van der Waals surface area contributed by atoms with Crippen molar-refractivity contribution in [2.24, 2.45) is 10.9 Å². The van der Waals surface area contributed by atoms with Gasteiger partial charge in [0.2, 0.25) is 0 Å². The first-order chi connectivity index (χ1) is 10.3. The molecule has 2 unspecified atom stereocenters. The van der Waals surface area contributed by atoms with Crippen molar-refractivity contribution in [1.82, 2.24) is 15.6 Å². The van der Waals surface area contributed by atoms with Crippen LogP contribution >= 0.6 is 24.0 Å². The molecule has 2 N–H and O–H groups in total. The molecule has 1 heterocycles. The largest absolute Gasteiger partial charge is 0.490 e. The van der Waals surface area contributed by atoms with E-state index in [0.717, 1.165) is 24.2 Å². The van der Waals surface area contributed by atoms with Gasteiger partial charge in [-0.2, -0.15) is 0 Å². The molecule has 5 nitrogen and oxygen atoms in total. The number of hydrogen-bond donors (Lipinski definition) is 2. The third-order valence-electron chi connectivity index (χ3n) is 3.80. The van der Waals surface area contributed by atoms with Gasteiger partial charge < -0.3 is 15.4 Å². The quantitative estimate of drug-likeness (QED) is 0.334. The summed E-state index contributed by atoms with van der Waals surface area (Å²) in [7, 11) is 1.81. The number of nitrogens with zero attached hydrogens (tertiary/aromatic N) is 2. The molecule has 0 spiro atoms. The van der Waals surface area contributed by atoms with E-state index in [1.165, 1.54) is 25.7 Å². The highest BCUT2D eigenvalue weighted by molar-refractivity contribution is 14.0. The predicted molar refractivity (Wildman–Crippen MR) is 101 cm³/mol. The number of aromatic nitrogens is 1. The van der Waals surface area contributed by atoms with Crippen LogP contribution in [0.4, 0.5) is 0 Å². The summed E-state index contributed by atoms with van der Waals surface area (Å²) >= 11 is 0. The van der Waals surface area contributed by atoms with Gasteiger partial charge in [0, 0.05) is 19.3 Å². The van der Waals surface area contributed by atoms with Gasteiger partial charge >= 0.3 is 0 Å². The van der Waals surface area contributed by atoms with Gasteiger partial charge in [0.25, 0.3) is 0 Å². The second-order valence-electron chi connectivity index (χ2n) is 5.65. The number of hydrogen-bond acceptors (Lipinski definition) is 3. The highest BCUT2D eigenvalue weighted by atomic mass is 127. The molecule has 1 aliphatic rings. The van der Waals surface area contributed by atoms with Crippen molar-refractivity contribution in [3.05, 3.63) is 24.5 Å². The number of rotatable bonds is 5. The van der Waals surface area contributed by atoms with Gasteiger partial charge in [0.05, 0.1) is 12.7 Å². The van der Waals surface area contributed by atoms with Crippen LogP contribution in [0.2, 0.25) is 0 Å². The predicted octanol–water partition coefficient (Wildman–Crippen LogP) is 2.82. The number of pyridine rings is 1. The molecule has 0 amide bonds. The van der Waals surface area contributed by atoms with E-state index in [1.807, 2.05) is 19.2 Å². The summed E-state index contributed by atoms with van der Waals surface area (Å²) in [5.74, 6) is 2.47. The van der Waals surface area contributed by atoms with E-state index in [1.54, 1.807) is 12.4 Å². The zero-order chi connectivity index (χ0) is 14.9. The number of guanidine groups is 1. The molecule has 124 valence electrons. The highest BCUT2D eigenvalue weighted by Crippen LogP contribution is 2.23. The molecular formula is C16H27IN4O. The van der Waals surface area contributed by atoms with Gasteiger partial charge in [-0.15, -0.1) is 24.0 Å². The maximum Gasteiger partial charge on any atom is 0.191 e. The van der Waals surface area contributed by atoms with Crippen LogP contribution in [-0.4, -0.2) is 37.2 Å². The molecule has 1 aliphatic carbocycles. The average Bonchev–Trinajstić information content (AvgIpc) is 2.51. The minimum atomic E-state index is 0. The molecule has 22 heavy (non-hydrogen) atoms. The standard InChI is InChI=1S/C16H26N4O.HI/c1-13-5-3-6-14(11-13)20-16(17-2)19-9-10-21-15-7-4-8-18-12-15;/h4,7-8,12-14H,3,5-6,9-11H2,1-2H3,(H2,17,19,20);1H. The Labute approximate surface area is 150 Å². The lowest BCUT2D eigenvalue weighted by Gasteiger charge is -2.28. The minimum Gasteiger partial charge on any atom is -0.490 e. The third kappa shape index (κ3) is 6.81. The van der Waals surface area contributed by atoms with Crippen LogP contribution in [0.5, 0.6) is 5.75 Å². The summed E-state index contributed by atoms with van der Waals surface area (Å²) in [6.07, 6.45) is 8.58. The van der Waals surface area contributed by atoms with E-state index in [9.17, 15) is 0 Å². The van der Waals surface area contributed by atoms with Crippen LogP contribution in [-0.2, 0) is 0 Å². The van der Waals surface area contributed by atoms with Gasteiger partial charge in [-0.3, -0.25) is 9.98 Å². The minimum absolute atomic E-state index is 0. The summed E-state index contributed by atoms with van der Waals surface area (Å²) < 4.78 is 5.60. The Morgan fingerprint density at radius 2 is 2.32 bits per heavy atom. The maximum absolute atomic E-state index is 5.60. The molecule has 1 saturated carbocycles. The Hall–Kier alpha value is -1.05. The first-order valence-electron chi connectivity index (χ1n) is 7.78. The summed E-state index contributed by atoms with van der Waals surface area (Å²) in [5.41, 5.74) is 0. The molecule has 1 aromatic heterocycles. The fourth-order valence-corrected chi connectivity index (χ4v) is 2.72. The second-order valence-corrected chi connectivity index (χ2v) is 5.65. The maximum atomic E-state index is 5.60. The molecule has 0 aromatic carbocycles. The average molecular weight is 418 g/mol. The van der Waals surface area contributed by atoms with Crippen molar-refractivity contribution < 1.29 is 4.74 Å². The lowest BCUT2D eigenvalue weighted by molar-refractivity contribution is 0.314. The summed E-state index contributed by atoms with van der Waals surface area (Å²) in [6, 6.07) is 4.32. The van der Waals surface area contributed by atoms with Crippen LogP contribution in [0, 0.1) is 5.92 Å². The molecule has 0 radical (unpaired) electrons. The molecule has 0 aliphatic heterocycles. The molecule has 0 bridgehead atoms. The summed E-state index contributed by atoms with van der Waals surface area (Å²) in [6.45, 7) is 3.63. The van der Waals surface area contributed by atoms with Gasteiger partial charge in [-0.1, -0.05) is 19.8 Å². The van der Waals surface area contributed by atoms with Gasteiger partial charge in [-0.25, -0.2) is 0 Å². The number of aliphatic imine (C=N–C) groups is 1. The van der Waals surface area contributed by atoms with E-state index in [4.69, 9.17) is 4.74 Å². The van der Waals surface area contributed by atoms with Gasteiger partial charge in [0.1, 0.15) is 12.4 Å². The first kappa shape index (κ1) is 19.0. The molecule has 1 aromatic rings. The molecule has 0 saturated heterocycles. The van der Waals surface area contributed by atoms with Crippen molar-refractivity contribution in [2.75, 3.05) is 20.2 Å². The van der Waals surface area contributed by atoms with Crippen molar-refractivity contribution in [3.63, 3.8) is 0 Å².